The van der Waals surface area contributed by atoms with Gasteiger partial charge in [0.2, 0.25) is 0 Å². The van der Waals surface area contributed by atoms with E-state index >= 15 is 0 Å². The van der Waals surface area contributed by atoms with Crippen LogP contribution in [-0.4, -0.2) is 38.1 Å². The molecule has 1 aromatic carbocycles. The maximum absolute atomic E-state index is 11.6. The molecule has 0 atom stereocenters. The normalized spacial score (nSPS) is 15.7. The van der Waals surface area contributed by atoms with Gasteiger partial charge in [0.25, 0.3) is 26.1 Å². The molecule has 0 aliphatic carbocycles. The van der Waals surface area contributed by atoms with Crippen molar-refractivity contribution >= 4 is 43.7 Å². The topological polar surface area (TPSA) is 167 Å². The van der Waals surface area contributed by atoms with Crippen LogP contribution in [0.2, 0.25) is 0 Å². The molecule has 0 spiro atoms. The molecule has 0 bridgehead atoms. The first-order chi connectivity index (χ1) is 9.51. The summed E-state index contributed by atoms with van der Waals surface area (Å²) in [4.78, 5) is 9.97. The van der Waals surface area contributed by atoms with Crippen LogP contribution in [0, 0.1) is 0 Å². The summed E-state index contributed by atoms with van der Waals surface area (Å²) in [5, 5.41) is 4.17. The highest BCUT2D eigenvalue weighted by molar-refractivity contribution is 7.86. The van der Waals surface area contributed by atoms with Crippen LogP contribution in [0.15, 0.2) is 27.0 Å². The Hall–Kier alpha value is -2.02. The molecule has 1 heterocycles. The third kappa shape index (κ3) is 2.87. The number of hydrogen-bond donors (Lipinski definition) is 3. The summed E-state index contributed by atoms with van der Waals surface area (Å²) in [6.07, 6.45) is 1.04. The van der Waals surface area contributed by atoms with Crippen molar-refractivity contribution in [3.05, 3.63) is 12.1 Å². The van der Waals surface area contributed by atoms with Gasteiger partial charge in [0, 0.05) is 6.21 Å². The lowest BCUT2D eigenvalue weighted by Crippen LogP contribution is -2.23. The molecule has 12 heteroatoms. The fourth-order valence-corrected chi connectivity index (χ4v) is 3.01. The number of amides is 1. The lowest BCUT2D eigenvalue weighted by molar-refractivity contribution is -0.116. The van der Waals surface area contributed by atoms with Gasteiger partial charge in [-0.05, 0) is 12.1 Å². The van der Waals surface area contributed by atoms with E-state index in [1.165, 1.54) is 6.21 Å². The van der Waals surface area contributed by atoms with E-state index in [-0.39, 0.29) is 6.42 Å². The van der Waals surface area contributed by atoms with Gasteiger partial charge in [0.1, 0.15) is 9.79 Å². The van der Waals surface area contributed by atoms with Gasteiger partial charge < -0.3 is 5.73 Å². The summed E-state index contributed by atoms with van der Waals surface area (Å²) in [6, 6.07) is 1.27. The molecule has 114 valence electrons. The number of carbonyl (C=O) groups is 1. The fourth-order valence-electron chi connectivity index (χ4n) is 1.71. The van der Waals surface area contributed by atoms with Gasteiger partial charge in [0.05, 0.1) is 17.8 Å². The van der Waals surface area contributed by atoms with Crippen LogP contribution in [0.4, 0.5) is 11.4 Å². The van der Waals surface area contributed by atoms with Crippen molar-refractivity contribution in [1.29, 1.82) is 0 Å². The Balaban J connectivity index is 2.82. The van der Waals surface area contributed by atoms with Crippen LogP contribution in [0.25, 0.3) is 0 Å². The Bertz CT molecular complexity index is 858. The molecule has 4 N–H and O–H groups in total. The zero-order valence-corrected chi connectivity index (χ0v) is 11.8. The van der Waals surface area contributed by atoms with Gasteiger partial charge in [0.15, 0.2) is 0 Å². The van der Waals surface area contributed by atoms with Crippen LogP contribution < -0.4 is 10.7 Å². The minimum atomic E-state index is -4.80. The van der Waals surface area contributed by atoms with E-state index in [4.69, 9.17) is 14.8 Å². The van der Waals surface area contributed by atoms with Gasteiger partial charge in [-0.25, -0.2) is 0 Å². The average molecular weight is 335 g/mol. The van der Waals surface area contributed by atoms with E-state index in [1.54, 1.807) is 0 Å². The minimum absolute atomic E-state index is 0.128. The van der Waals surface area contributed by atoms with Crippen LogP contribution >= 0.6 is 0 Å². The average Bonchev–Trinajstić information content (AvgIpc) is 2.72. The van der Waals surface area contributed by atoms with Crippen LogP contribution in [0.5, 0.6) is 0 Å². The lowest BCUT2D eigenvalue weighted by Gasteiger charge is -2.17. The highest BCUT2D eigenvalue weighted by Crippen LogP contribution is 2.33. The second-order valence-electron chi connectivity index (χ2n) is 4.02. The Labute approximate surface area is 119 Å². The van der Waals surface area contributed by atoms with Crippen molar-refractivity contribution in [3.63, 3.8) is 0 Å². The molecule has 1 amide bonds. The van der Waals surface area contributed by atoms with Gasteiger partial charge in [-0.15, -0.1) is 0 Å². The summed E-state index contributed by atoms with van der Waals surface area (Å²) in [6.45, 7) is 0. The number of hydrazone groups is 1. The quantitative estimate of drug-likeness (QED) is 0.490. The number of nitrogens with zero attached hydrogens (tertiary/aromatic N) is 2. The number of benzene rings is 1. The number of nitrogens with two attached hydrogens (primary N) is 1. The summed E-state index contributed by atoms with van der Waals surface area (Å²) >= 11 is 0. The molecule has 2 rings (SSSR count). The van der Waals surface area contributed by atoms with Crippen molar-refractivity contribution in [2.24, 2.45) is 5.10 Å². The number of carbonyl (C=O) groups excluding carboxylic acids is 1. The zero-order chi connectivity index (χ0) is 16.0. The Morgan fingerprint density at radius 2 is 1.67 bits per heavy atom. The smallest absolute Gasteiger partial charge is 0.296 e. The summed E-state index contributed by atoms with van der Waals surface area (Å²) in [7, 11) is -9.56. The number of rotatable bonds is 3. The Kier molecular flexibility index (Phi) is 3.49. The van der Waals surface area contributed by atoms with Gasteiger partial charge in [-0.2, -0.15) is 26.9 Å². The molecule has 0 fully saturated rings. The second kappa shape index (κ2) is 4.77. The van der Waals surface area contributed by atoms with Crippen molar-refractivity contribution in [2.75, 3.05) is 10.7 Å². The monoisotopic (exact) mass is 335 g/mol. The number of nitrogen functional groups attached to an aromatic ring is 1. The minimum Gasteiger partial charge on any atom is -0.398 e. The SMILES string of the molecule is Nc1cc(S(=O)(=O)O)c(N2N=CCC2=O)cc1S(=O)(=O)O. The fraction of sp³-hybridized carbons (Fsp3) is 0.111. The van der Waals surface area contributed by atoms with Crippen molar-refractivity contribution in [1.82, 2.24) is 0 Å². The molecule has 0 unspecified atom stereocenters. The van der Waals surface area contributed by atoms with Gasteiger partial charge in [-0.1, -0.05) is 0 Å². The first kappa shape index (κ1) is 15.4. The Morgan fingerprint density at radius 1 is 1.10 bits per heavy atom. The van der Waals surface area contributed by atoms with Crippen LogP contribution in [-0.2, 0) is 25.0 Å². The maximum Gasteiger partial charge on any atom is 0.296 e. The van der Waals surface area contributed by atoms with E-state index in [1.807, 2.05) is 0 Å². The molecule has 0 aromatic heterocycles. The Morgan fingerprint density at radius 3 is 2.10 bits per heavy atom. The molecule has 1 aliphatic rings. The predicted octanol–water partition coefficient (Wildman–Crippen LogP) is -0.515. The zero-order valence-electron chi connectivity index (χ0n) is 10.2. The van der Waals surface area contributed by atoms with E-state index in [9.17, 15) is 21.6 Å². The molecule has 10 nitrogen and oxygen atoms in total. The first-order valence-corrected chi connectivity index (χ1v) is 8.13. The van der Waals surface area contributed by atoms with E-state index in [2.05, 4.69) is 5.10 Å². The molecule has 0 radical (unpaired) electrons. The first-order valence-electron chi connectivity index (χ1n) is 5.25. The molecule has 1 aliphatic heterocycles. The third-order valence-electron chi connectivity index (χ3n) is 2.57. The summed E-state index contributed by atoms with van der Waals surface area (Å²) in [5.74, 6) is -0.647. The standard InChI is InChI=1S/C9H9N3O7S2/c10-5-3-8(21(17,18)19)6(4-7(5)20(14,15)16)12-9(13)1-2-11-12/h2-4H,1,10H2,(H,14,15,16)(H,17,18,19). The highest BCUT2D eigenvalue weighted by Gasteiger charge is 2.29. The maximum atomic E-state index is 11.6. The number of anilines is 2. The van der Waals surface area contributed by atoms with Crippen molar-refractivity contribution in [2.45, 2.75) is 16.2 Å². The van der Waals surface area contributed by atoms with Crippen molar-refractivity contribution in [3.8, 4) is 0 Å². The third-order valence-corrected chi connectivity index (χ3v) is 4.37. The highest BCUT2D eigenvalue weighted by atomic mass is 32.2. The molecule has 21 heavy (non-hydrogen) atoms. The van der Waals surface area contributed by atoms with Crippen LogP contribution in [0.3, 0.4) is 0 Å². The molecular formula is C9H9N3O7S2. The number of hydrogen-bond acceptors (Lipinski definition) is 7. The predicted molar refractivity (Wildman–Crippen MR) is 71.1 cm³/mol. The van der Waals surface area contributed by atoms with E-state index in [0.717, 1.165) is 0 Å². The molecule has 0 saturated carbocycles. The van der Waals surface area contributed by atoms with Gasteiger partial charge in [-0.3, -0.25) is 13.9 Å². The lowest BCUT2D eigenvalue weighted by atomic mass is 10.2. The van der Waals surface area contributed by atoms with E-state index in [0.29, 0.717) is 17.1 Å². The van der Waals surface area contributed by atoms with Gasteiger partial charge >= 0.3 is 0 Å². The van der Waals surface area contributed by atoms with E-state index < -0.39 is 47.3 Å². The largest absolute Gasteiger partial charge is 0.398 e. The second-order valence-corrected chi connectivity index (χ2v) is 6.80. The molecular weight excluding hydrogens is 326 g/mol. The molecule has 0 saturated heterocycles. The van der Waals surface area contributed by atoms with Crippen LogP contribution in [0.1, 0.15) is 6.42 Å². The summed E-state index contributed by atoms with van der Waals surface area (Å²) in [5.41, 5.74) is 4.21. The van der Waals surface area contributed by atoms with Crippen molar-refractivity contribution < 1.29 is 30.7 Å². The molecule has 1 aromatic rings. The summed E-state index contributed by atoms with van der Waals surface area (Å²) < 4.78 is 63.2.